The SMILES string of the molecule is C[C@H](NC(=O)CN1C(=O)N[C@](C)(c2ccco2)C1=O)c1ccc(F)cc1F. The lowest BCUT2D eigenvalue weighted by Gasteiger charge is -2.20. The third kappa shape index (κ3) is 3.40. The third-order valence-electron chi connectivity index (χ3n) is 4.40. The smallest absolute Gasteiger partial charge is 0.325 e. The highest BCUT2D eigenvalue weighted by Crippen LogP contribution is 2.29. The maximum atomic E-state index is 13.8. The Balaban J connectivity index is 1.69. The van der Waals surface area contributed by atoms with Gasteiger partial charge in [-0.25, -0.2) is 13.6 Å². The van der Waals surface area contributed by atoms with Crippen LogP contribution < -0.4 is 10.6 Å². The second kappa shape index (κ2) is 6.82. The van der Waals surface area contributed by atoms with Crippen LogP contribution in [0.15, 0.2) is 41.0 Å². The van der Waals surface area contributed by atoms with E-state index in [1.165, 1.54) is 26.2 Å². The van der Waals surface area contributed by atoms with Crippen molar-refractivity contribution in [1.29, 1.82) is 0 Å². The Labute approximate surface area is 153 Å². The van der Waals surface area contributed by atoms with Crippen LogP contribution in [-0.2, 0) is 15.1 Å². The molecule has 7 nitrogen and oxygen atoms in total. The predicted molar refractivity (Wildman–Crippen MR) is 89.2 cm³/mol. The van der Waals surface area contributed by atoms with E-state index in [0.717, 1.165) is 11.0 Å². The molecule has 1 fully saturated rings. The monoisotopic (exact) mass is 377 g/mol. The number of carbonyl (C=O) groups is 3. The average Bonchev–Trinajstić information content (AvgIpc) is 3.19. The summed E-state index contributed by atoms with van der Waals surface area (Å²) >= 11 is 0. The first-order valence-electron chi connectivity index (χ1n) is 8.15. The largest absolute Gasteiger partial charge is 0.466 e. The third-order valence-corrected chi connectivity index (χ3v) is 4.40. The van der Waals surface area contributed by atoms with E-state index in [1.807, 2.05) is 0 Å². The lowest BCUT2D eigenvalue weighted by molar-refractivity contribution is -0.135. The average molecular weight is 377 g/mol. The Kier molecular flexibility index (Phi) is 4.69. The maximum absolute atomic E-state index is 13.8. The van der Waals surface area contributed by atoms with Crippen LogP contribution >= 0.6 is 0 Å². The molecule has 0 bridgehead atoms. The molecule has 4 amide bonds. The van der Waals surface area contributed by atoms with Crippen LogP contribution in [0.4, 0.5) is 13.6 Å². The summed E-state index contributed by atoms with van der Waals surface area (Å²) in [7, 11) is 0. The normalized spacial score (nSPS) is 20.5. The topological polar surface area (TPSA) is 91.7 Å². The Bertz CT molecular complexity index is 900. The summed E-state index contributed by atoms with van der Waals surface area (Å²) in [5.74, 6) is -2.60. The van der Waals surface area contributed by atoms with Crippen molar-refractivity contribution in [1.82, 2.24) is 15.5 Å². The molecule has 3 rings (SSSR count). The van der Waals surface area contributed by atoms with Crippen molar-refractivity contribution in [2.75, 3.05) is 6.54 Å². The van der Waals surface area contributed by atoms with E-state index in [9.17, 15) is 23.2 Å². The van der Waals surface area contributed by atoms with E-state index in [1.54, 1.807) is 12.1 Å². The van der Waals surface area contributed by atoms with Gasteiger partial charge in [-0.3, -0.25) is 14.5 Å². The molecule has 1 aliphatic rings. The first-order valence-corrected chi connectivity index (χ1v) is 8.15. The number of nitrogens with one attached hydrogen (secondary N) is 2. The summed E-state index contributed by atoms with van der Waals surface area (Å²) < 4.78 is 32.0. The Morgan fingerprint density at radius 3 is 2.70 bits per heavy atom. The minimum atomic E-state index is -1.41. The van der Waals surface area contributed by atoms with Crippen LogP contribution in [0.2, 0.25) is 0 Å². The molecule has 1 aliphatic heterocycles. The summed E-state index contributed by atoms with van der Waals surface area (Å²) in [5.41, 5.74) is -1.32. The summed E-state index contributed by atoms with van der Waals surface area (Å²) in [6, 6.07) is 4.61. The highest BCUT2D eigenvalue weighted by atomic mass is 19.1. The second-order valence-electron chi connectivity index (χ2n) is 6.38. The van der Waals surface area contributed by atoms with Gasteiger partial charge < -0.3 is 15.1 Å². The van der Waals surface area contributed by atoms with Crippen molar-refractivity contribution < 1.29 is 27.6 Å². The van der Waals surface area contributed by atoms with Crippen LogP contribution in [0.3, 0.4) is 0 Å². The first kappa shape index (κ1) is 18.6. The van der Waals surface area contributed by atoms with E-state index in [4.69, 9.17) is 4.42 Å². The molecule has 0 radical (unpaired) electrons. The molecule has 0 aliphatic carbocycles. The molecule has 2 heterocycles. The van der Waals surface area contributed by atoms with Crippen LogP contribution in [0.1, 0.15) is 31.2 Å². The van der Waals surface area contributed by atoms with Crippen LogP contribution in [0, 0.1) is 11.6 Å². The van der Waals surface area contributed by atoms with Crippen molar-refractivity contribution in [3.63, 3.8) is 0 Å². The quantitative estimate of drug-likeness (QED) is 0.782. The summed E-state index contributed by atoms with van der Waals surface area (Å²) in [5, 5.41) is 4.99. The zero-order valence-electron chi connectivity index (χ0n) is 14.6. The molecule has 142 valence electrons. The van der Waals surface area contributed by atoms with Gasteiger partial charge in [0, 0.05) is 11.6 Å². The van der Waals surface area contributed by atoms with Crippen molar-refractivity contribution in [2.45, 2.75) is 25.4 Å². The minimum absolute atomic E-state index is 0.0855. The fourth-order valence-corrected chi connectivity index (χ4v) is 2.93. The van der Waals surface area contributed by atoms with Gasteiger partial charge in [0.15, 0.2) is 5.54 Å². The van der Waals surface area contributed by atoms with Gasteiger partial charge in [0.1, 0.15) is 23.9 Å². The second-order valence-corrected chi connectivity index (χ2v) is 6.38. The lowest BCUT2D eigenvalue weighted by atomic mass is 9.99. The summed E-state index contributed by atoms with van der Waals surface area (Å²) in [6.07, 6.45) is 1.37. The fourth-order valence-electron chi connectivity index (χ4n) is 2.93. The molecular weight excluding hydrogens is 360 g/mol. The number of amides is 4. The van der Waals surface area contributed by atoms with Crippen LogP contribution in [-0.4, -0.2) is 29.3 Å². The van der Waals surface area contributed by atoms with Gasteiger partial charge >= 0.3 is 6.03 Å². The summed E-state index contributed by atoms with van der Waals surface area (Å²) in [6.45, 7) is 2.43. The molecular formula is C18H17F2N3O4. The number of hydrogen-bond acceptors (Lipinski definition) is 4. The van der Waals surface area contributed by atoms with Gasteiger partial charge in [0.2, 0.25) is 5.91 Å². The zero-order valence-corrected chi connectivity index (χ0v) is 14.6. The lowest BCUT2D eigenvalue weighted by Crippen LogP contribution is -2.43. The molecule has 0 spiro atoms. The number of furan rings is 1. The van der Waals surface area contributed by atoms with Gasteiger partial charge in [0.25, 0.3) is 5.91 Å². The van der Waals surface area contributed by atoms with Crippen molar-refractivity contribution in [2.24, 2.45) is 0 Å². The Hall–Kier alpha value is -3.23. The van der Waals surface area contributed by atoms with Gasteiger partial charge in [-0.05, 0) is 32.0 Å². The molecule has 1 aromatic heterocycles. The Morgan fingerprint density at radius 1 is 1.33 bits per heavy atom. The summed E-state index contributed by atoms with van der Waals surface area (Å²) in [4.78, 5) is 37.8. The minimum Gasteiger partial charge on any atom is -0.466 e. The van der Waals surface area contributed by atoms with Crippen LogP contribution in [0.5, 0.6) is 0 Å². The van der Waals surface area contributed by atoms with Crippen molar-refractivity contribution in [3.8, 4) is 0 Å². The number of carbonyl (C=O) groups excluding carboxylic acids is 3. The number of nitrogens with zero attached hydrogens (tertiary/aromatic N) is 1. The molecule has 1 saturated heterocycles. The van der Waals surface area contributed by atoms with E-state index in [-0.39, 0.29) is 11.3 Å². The molecule has 1 aromatic carbocycles. The van der Waals surface area contributed by atoms with E-state index < -0.39 is 47.6 Å². The van der Waals surface area contributed by atoms with Gasteiger partial charge in [-0.2, -0.15) is 0 Å². The molecule has 2 aromatic rings. The van der Waals surface area contributed by atoms with Crippen molar-refractivity contribution in [3.05, 3.63) is 59.6 Å². The van der Waals surface area contributed by atoms with Gasteiger partial charge in [0.05, 0.1) is 12.3 Å². The molecule has 2 N–H and O–H groups in total. The Morgan fingerprint density at radius 2 is 2.07 bits per heavy atom. The van der Waals surface area contributed by atoms with Crippen molar-refractivity contribution >= 4 is 17.8 Å². The highest BCUT2D eigenvalue weighted by molar-refractivity contribution is 6.08. The molecule has 27 heavy (non-hydrogen) atoms. The number of urea groups is 1. The molecule has 9 heteroatoms. The predicted octanol–water partition coefficient (Wildman–Crippen LogP) is 2.20. The number of imide groups is 1. The molecule has 0 unspecified atom stereocenters. The molecule has 2 atom stereocenters. The van der Waals surface area contributed by atoms with Crippen LogP contribution in [0.25, 0.3) is 0 Å². The van der Waals surface area contributed by atoms with Gasteiger partial charge in [-0.1, -0.05) is 6.07 Å². The van der Waals surface area contributed by atoms with E-state index in [0.29, 0.717) is 6.07 Å². The number of rotatable bonds is 5. The first-order chi connectivity index (χ1) is 12.7. The standard InChI is InChI=1S/C18H17F2N3O4/c1-10(12-6-5-11(19)8-13(12)20)21-15(24)9-23-16(25)18(2,22-17(23)26)14-4-3-7-27-14/h3-8,10H,9H2,1-2H3,(H,21,24)(H,22,26)/t10-,18+/m0/s1. The van der Waals surface area contributed by atoms with E-state index >= 15 is 0 Å². The van der Waals surface area contributed by atoms with E-state index in [2.05, 4.69) is 10.6 Å². The fraction of sp³-hybridized carbons (Fsp3) is 0.278. The molecule has 0 saturated carbocycles. The zero-order chi connectivity index (χ0) is 19.8. The maximum Gasteiger partial charge on any atom is 0.325 e. The number of benzene rings is 1. The van der Waals surface area contributed by atoms with Gasteiger partial charge in [-0.15, -0.1) is 0 Å². The highest BCUT2D eigenvalue weighted by Gasteiger charge is 2.51. The number of halogens is 2. The number of hydrogen-bond donors (Lipinski definition) is 2.